The van der Waals surface area contributed by atoms with Gasteiger partial charge in [0.1, 0.15) is 0 Å². The van der Waals surface area contributed by atoms with Crippen LogP contribution >= 0.6 is 0 Å². The number of nitrogen functional groups attached to an aromatic ring is 1. The lowest BCUT2D eigenvalue weighted by Gasteiger charge is -2.07. The highest BCUT2D eigenvalue weighted by Crippen LogP contribution is 2.20. The van der Waals surface area contributed by atoms with Crippen LogP contribution in [0.5, 0.6) is 0 Å². The van der Waals surface area contributed by atoms with Gasteiger partial charge in [0.05, 0.1) is 12.2 Å². The van der Waals surface area contributed by atoms with Crippen LogP contribution in [0, 0.1) is 5.92 Å². The minimum absolute atomic E-state index is 0.112. The molecule has 0 bridgehead atoms. The lowest BCUT2D eigenvalue weighted by atomic mass is 10.1. The Kier molecular flexibility index (Phi) is 5.22. The van der Waals surface area contributed by atoms with E-state index in [0.29, 0.717) is 30.3 Å². The van der Waals surface area contributed by atoms with Crippen LogP contribution in [0.3, 0.4) is 0 Å². The Hall–Kier alpha value is -2.01. The van der Waals surface area contributed by atoms with E-state index in [9.17, 15) is 4.79 Å². The highest BCUT2D eigenvalue weighted by Gasteiger charge is 2.11. The fourth-order valence-corrected chi connectivity index (χ4v) is 2.08. The van der Waals surface area contributed by atoms with Gasteiger partial charge in [0.25, 0.3) is 5.91 Å². The molecule has 0 radical (unpaired) electrons. The van der Waals surface area contributed by atoms with Gasteiger partial charge in [-0.3, -0.25) is 4.79 Å². The van der Waals surface area contributed by atoms with Crippen LogP contribution in [0.1, 0.15) is 30.6 Å². The Bertz CT molecular complexity index is 605. The molecule has 21 heavy (non-hydrogen) atoms. The molecule has 0 atom stereocenters. The highest BCUT2D eigenvalue weighted by molar-refractivity contribution is 6.07. The minimum atomic E-state index is -0.112. The van der Waals surface area contributed by atoms with E-state index in [4.69, 9.17) is 10.5 Å². The molecule has 0 saturated heterocycles. The van der Waals surface area contributed by atoms with E-state index in [-0.39, 0.29) is 5.91 Å². The first-order valence-corrected chi connectivity index (χ1v) is 7.30. The SMILES string of the molecule is CC(C)CCOCCNC(=O)c1c[nH]c2ccc(N)cc12. The zero-order valence-corrected chi connectivity index (χ0v) is 12.6. The van der Waals surface area contributed by atoms with Crippen molar-refractivity contribution in [2.24, 2.45) is 5.92 Å². The highest BCUT2D eigenvalue weighted by atomic mass is 16.5. The maximum Gasteiger partial charge on any atom is 0.253 e. The number of anilines is 1. The number of carbonyl (C=O) groups excluding carboxylic acids is 1. The summed E-state index contributed by atoms with van der Waals surface area (Å²) in [4.78, 5) is 15.2. The number of nitrogens with one attached hydrogen (secondary N) is 2. The second kappa shape index (κ2) is 7.13. The lowest BCUT2D eigenvalue weighted by Crippen LogP contribution is -2.27. The van der Waals surface area contributed by atoms with Crippen molar-refractivity contribution in [1.82, 2.24) is 10.3 Å². The van der Waals surface area contributed by atoms with E-state index in [1.807, 2.05) is 12.1 Å². The van der Waals surface area contributed by atoms with E-state index >= 15 is 0 Å². The number of amides is 1. The van der Waals surface area contributed by atoms with Gasteiger partial charge in [0.2, 0.25) is 0 Å². The van der Waals surface area contributed by atoms with Crippen LogP contribution < -0.4 is 11.1 Å². The van der Waals surface area contributed by atoms with Crippen molar-refractivity contribution in [2.45, 2.75) is 20.3 Å². The molecule has 1 aromatic carbocycles. The smallest absolute Gasteiger partial charge is 0.253 e. The molecule has 1 aromatic heterocycles. The fourth-order valence-electron chi connectivity index (χ4n) is 2.08. The van der Waals surface area contributed by atoms with Crippen molar-refractivity contribution < 1.29 is 9.53 Å². The average molecular weight is 289 g/mol. The number of benzene rings is 1. The summed E-state index contributed by atoms with van der Waals surface area (Å²) in [5, 5.41) is 3.70. The maximum absolute atomic E-state index is 12.1. The van der Waals surface area contributed by atoms with Crippen LogP contribution in [0.15, 0.2) is 24.4 Å². The van der Waals surface area contributed by atoms with Gasteiger partial charge in [-0.25, -0.2) is 0 Å². The molecule has 5 nitrogen and oxygen atoms in total. The Morgan fingerprint density at radius 1 is 1.38 bits per heavy atom. The molecule has 0 aliphatic heterocycles. The average Bonchev–Trinajstić information content (AvgIpc) is 2.85. The van der Waals surface area contributed by atoms with Crippen molar-refractivity contribution in [1.29, 1.82) is 0 Å². The molecule has 0 saturated carbocycles. The normalized spacial score (nSPS) is 11.2. The number of nitrogens with two attached hydrogens (primary N) is 1. The first-order chi connectivity index (χ1) is 10.1. The predicted molar refractivity (Wildman–Crippen MR) is 85.3 cm³/mol. The molecule has 1 heterocycles. The molecule has 114 valence electrons. The fraction of sp³-hybridized carbons (Fsp3) is 0.438. The molecular weight excluding hydrogens is 266 g/mol. The third kappa shape index (κ3) is 4.23. The summed E-state index contributed by atoms with van der Waals surface area (Å²) in [5.74, 6) is 0.524. The van der Waals surface area contributed by atoms with Gasteiger partial charge in [-0.2, -0.15) is 0 Å². The summed E-state index contributed by atoms with van der Waals surface area (Å²) in [6, 6.07) is 5.49. The third-order valence-corrected chi connectivity index (χ3v) is 3.32. The zero-order valence-electron chi connectivity index (χ0n) is 12.6. The number of hydrogen-bond donors (Lipinski definition) is 3. The van der Waals surface area contributed by atoms with Gasteiger partial charge in [-0.05, 0) is 30.5 Å². The monoisotopic (exact) mass is 289 g/mol. The second-order valence-electron chi connectivity index (χ2n) is 5.56. The van der Waals surface area contributed by atoms with E-state index in [2.05, 4.69) is 24.1 Å². The van der Waals surface area contributed by atoms with Gasteiger partial charge in [0, 0.05) is 35.9 Å². The Balaban J connectivity index is 1.84. The molecule has 0 aliphatic rings. The van der Waals surface area contributed by atoms with Gasteiger partial charge < -0.3 is 20.8 Å². The van der Waals surface area contributed by atoms with Crippen LogP contribution in [0.25, 0.3) is 10.9 Å². The molecule has 1 amide bonds. The minimum Gasteiger partial charge on any atom is -0.399 e. The van der Waals surface area contributed by atoms with Crippen molar-refractivity contribution >= 4 is 22.5 Å². The second-order valence-corrected chi connectivity index (χ2v) is 5.56. The molecular formula is C16H23N3O2. The molecule has 0 fully saturated rings. The van der Waals surface area contributed by atoms with E-state index in [0.717, 1.165) is 23.9 Å². The Labute approximate surface area is 124 Å². The van der Waals surface area contributed by atoms with E-state index in [1.54, 1.807) is 12.3 Å². The summed E-state index contributed by atoms with van der Waals surface area (Å²) < 4.78 is 5.48. The van der Waals surface area contributed by atoms with E-state index < -0.39 is 0 Å². The summed E-state index contributed by atoms with van der Waals surface area (Å²) in [6.45, 7) is 6.09. The largest absolute Gasteiger partial charge is 0.399 e. The standard InChI is InChI=1S/C16H23N3O2/c1-11(2)5-7-21-8-6-18-16(20)14-10-19-15-4-3-12(17)9-13(14)15/h3-4,9-11,19H,5-8,17H2,1-2H3,(H,18,20). The molecule has 4 N–H and O–H groups in total. The lowest BCUT2D eigenvalue weighted by molar-refractivity contribution is 0.0907. The van der Waals surface area contributed by atoms with Gasteiger partial charge in [-0.15, -0.1) is 0 Å². The van der Waals surface area contributed by atoms with Crippen molar-refractivity contribution in [3.63, 3.8) is 0 Å². The number of rotatable bonds is 7. The van der Waals surface area contributed by atoms with Gasteiger partial charge in [-0.1, -0.05) is 13.8 Å². The number of fused-ring (bicyclic) bond motifs is 1. The topological polar surface area (TPSA) is 80.1 Å². The number of aromatic amines is 1. The summed E-state index contributed by atoms with van der Waals surface area (Å²) in [6.07, 6.45) is 2.74. The van der Waals surface area contributed by atoms with Gasteiger partial charge >= 0.3 is 0 Å². The molecule has 5 heteroatoms. The van der Waals surface area contributed by atoms with Gasteiger partial charge in [0.15, 0.2) is 0 Å². The van der Waals surface area contributed by atoms with Crippen molar-refractivity contribution in [3.8, 4) is 0 Å². The molecule has 0 aliphatic carbocycles. The number of hydrogen-bond acceptors (Lipinski definition) is 3. The molecule has 0 unspecified atom stereocenters. The number of H-pyrrole nitrogens is 1. The zero-order chi connectivity index (χ0) is 15.2. The number of aromatic nitrogens is 1. The van der Waals surface area contributed by atoms with Crippen molar-refractivity contribution in [3.05, 3.63) is 30.0 Å². The quantitative estimate of drug-likeness (QED) is 0.541. The summed E-state index contributed by atoms with van der Waals surface area (Å²) in [5.41, 5.74) is 7.93. The maximum atomic E-state index is 12.1. The Morgan fingerprint density at radius 3 is 2.95 bits per heavy atom. The number of ether oxygens (including phenoxy) is 1. The first kappa shape index (κ1) is 15.4. The van der Waals surface area contributed by atoms with E-state index in [1.165, 1.54) is 0 Å². The van der Waals surface area contributed by atoms with Crippen LogP contribution in [0.2, 0.25) is 0 Å². The first-order valence-electron chi connectivity index (χ1n) is 7.30. The van der Waals surface area contributed by atoms with Crippen molar-refractivity contribution in [2.75, 3.05) is 25.5 Å². The molecule has 2 aromatic rings. The Morgan fingerprint density at radius 2 is 2.19 bits per heavy atom. The third-order valence-electron chi connectivity index (χ3n) is 3.32. The predicted octanol–water partition coefficient (Wildman–Crippen LogP) is 2.54. The summed E-state index contributed by atoms with van der Waals surface area (Å²) in [7, 11) is 0. The van der Waals surface area contributed by atoms with Crippen LogP contribution in [0.4, 0.5) is 5.69 Å². The van der Waals surface area contributed by atoms with Crippen LogP contribution in [-0.4, -0.2) is 30.6 Å². The summed E-state index contributed by atoms with van der Waals surface area (Å²) >= 11 is 0. The van der Waals surface area contributed by atoms with Crippen LogP contribution in [-0.2, 0) is 4.74 Å². The molecule has 0 spiro atoms. The number of carbonyl (C=O) groups is 1. The molecule has 2 rings (SSSR count).